The maximum absolute atomic E-state index is 10.6. The van der Waals surface area contributed by atoms with Crippen LogP contribution in [-0.4, -0.2) is 27.6 Å². The van der Waals surface area contributed by atoms with Crippen LogP contribution in [0.15, 0.2) is 13.9 Å². The first kappa shape index (κ1) is 7.53. The Balaban J connectivity index is 2.51. The minimum atomic E-state index is -0.681. The second-order valence-electron chi connectivity index (χ2n) is 2.07. The van der Waals surface area contributed by atoms with Crippen LogP contribution in [0.1, 0.15) is 0 Å². The maximum Gasteiger partial charge on any atom is 0.439 e. The number of aromatic nitrogens is 4. The van der Waals surface area contributed by atoms with Crippen LogP contribution in [0.25, 0.3) is 11.5 Å². The average molecular weight is 184 g/mol. The fourth-order valence-electron chi connectivity index (χ4n) is 0.791. The molecule has 0 aliphatic carbocycles. The summed E-state index contributed by atoms with van der Waals surface area (Å²) in [4.78, 5) is 12.9. The molecular formula is C5H4N4O4. The second-order valence-corrected chi connectivity index (χ2v) is 2.07. The monoisotopic (exact) mass is 184 g/mol. The van der Waals surface area contributed by atoms with Crippen molar-refractivity contribution in [3.8, 4) is 17.4 Å². The van der Waals surface area contributed by atoms with Gasteiger partial charge in [-0.05, 0) is 10.3 Å². The van der Waals surface area contributed by atoms with E-state index < -0.39 is 5.76 Å². The van der Waals surface area contributed by atoms with Crippen LogP contribution in [0.5, 0.6) is 5.88 Å². The molecule has 0 saturated heterocycles. The SMILES string of the molecule is COc1nonc1-c1noc(=O)[nH]1. The smallest absolute Gasteiger partial charge is 0.439 e. The third kappa shape index (κ3) is 1.17. The topological polar surface area (TPSA) is 107 Å². The lowest BCUT2D eigenvalue weighted by Gasteiger charge is -1.89. The summed E-state index contributed by atoms with van der Waals surface area (Å²) in [6.07, 6.45) is 0. The molecular weight excluding hydrogens is 180 g/mol. The van der Waals surface area contributed by atoms with Crippen LogP contribution in [-0.2, 0) is 0 Å². The highest BCUT2D eigenvalue weighted by atomic mass is 16.6. The van der Waals surface area contributed by atoms with Gasteiger partial charge < -0.3 is 4.74 Å². The van der Waals surface area contributed by atoms with E-state index in [9.17, 15) is 4.79 Å². The summed E-state index contributed by atoms with van der Waals surface area (Å²) in [5.41, 5.74) is 0.188. The first-order valence-electron chi connectivity index (χ1n) is 3.24. The highest BCUT2D eigenvalue weighted by Crippen LogP contribution is 2.20. The van der Waals surface area contributed by atoms with E-state index >= 15 is 0 Å². The molecule has 0 spiro atoms. The molecule has 0 bridgehead atoms. The number of methoxy groups -OCH3 is 1. The highest BCUT2D eigenvalue weighted by Gasteiger charge is 2.16. The molecule has 13 heavy (non-hydrogen) atoms. The fourth-order valence-corrected chi connectivity index (χ4v) is 0.791. The number of rotatable bonds is 2. The molecule has 0 aromatic carbocycles. The van der Waals surface area contributed by atoms with E-state index in [4.69, 9.17) is 4.74 Å². The molecule has 1 N–H and O–H groups in total. The number of ether oxygens (including phenoxy) is 1. The third-order valence-electron chi connectivity index (χ3n) is 1.32. The summed E-state index contributed by atoms with van der Waals surface area (Å²) in [6.45, 7) is 0. The Hall–Kier alpha value is -2.12. The molecule has 2 aromatic heterocycles. The minimum absolute atomic E-state index is 0.114. The fraction of sp³-hybridized carbons (Fsp3) is 0.200. The van der Waals surface area contributed by atoms with Gasteiger partial charge in [0.1, 0.15) is 0 Å². The van der Waals surface area contributed by atoms with E-state index in [-0.39, 0.29) is 17.4 Å². The summed E-state index contributed by atoms with van der Waals surface area (Å²) >= 11 is 0. The summed E-state index contributed by atoms with van der Waals surface area (Å²) in [5, 5.41) is 10.3. The van der Waals surface area contributed by atoms with Gasteiger partial charge in [0, 0.05) is 0 Å². The van der Waals surface area contributed by atoms with Crippen molar-refractivity contribution < 1.29 is 13.9 Å². The van der Waals surface area contributed by atoms with Gasteiger partial charge in [-0.3, -0.25) is 9.51 Å². The van der Waals surface area contributed by atoms with Crippen LogP contribution in [0.4, 0.5) is 0 Å². The van der Waals surface area contributed by atoms with Gasteiger partial charge in [0.15, 0.2) is 0 Å². The van der Waals surface area contributed by atoms with E-state index in [1.54, 1.807) is 0 Å². The Morgan fingerprint density at radius 2 is 2.23 bits per heavy atom. The lowest BCUT2D eigenvalue weighted by molar-refractivity contribution is 0.281. The van der Waals surface area contributed by atoms with Crippen LogP contribution in [0, 0.1) is 0 Å². The van der Waals surface area contributed by atoms with Gasteiger partial charge in [-0.1, -0.05) is 5.16 Å². The van der Waals surface area contributed by atoms with E-state index in [2.05, 4.69) is 29.6 Å². The average Bonchev–Trinajstić information content (AvgIpc) is 2.71. The van der Waals surface area contributed by atoms with Crippen LogP contribution >= 0.6 is 0 Å². The number of aromatic amines is 1. The predicted molar refractivity (Wildman–Crippen MR) is 37.0 cm³/mol. The van der Waals surface area contributed by atoms with Crippen molar-refractivity contribution in [2.75, 3.05) is 7.11 Å². The van der Waals surface area contributed by atoms with E-state index in [1.807, 2.05) is 0 Å². The molecule has 0 atom stereocenters. The van der Waals surface area contributed by atoms with Gasteiger partial charge in [0.05, 0.1) is 7.11 Å². The van der Waals surface area contributed by atoms with Gasteiger partial charge in [-0.15, -0.1) is 0 Å². The van der Waals surface area contributed by atoms with Gasteiger partial charge in [-0.25, -0.2) is 9.42 Å². The summed E-state index contributed by atoms with van der Waals surface area (Å²) in [6, 6.07) is 0. The first-order chi connectivity index (χ1) is 6.31. The zero-order valence-electron chi connectivity index (χ0n) is 6.47. The van der Waals surface area contributed by atoms with Crippen LogP contribution in [0.2, 0.25) is 0 Å². The Labute approximate surface area is 70.4 Å². The number of nitrogens with zero attached hydrogens (tertiary/aromatic N) is 3. The van der Waals surface area contributed by atoms with E-state index in [1.165, 1.54) is 7.11 Å². The standard InChI is InChI=1S/C5H4N4O4/c1-11-4-2(7-13-9-4)3-6-5(10)12-8-3/h1H3,(H,6,8,10). The molecule has 8 nitrogen and oxygen atoms in total. The number of H-pyrrole nitrogens is 1. The van der Waals surface area contributed by atoms with Crippen LogP contribution < -0.4 is 10.5 Å². The number of hydrogen-bond acceptors (Lipinski definition) is 7. The Bertz CT molecular complexity index is 455. The van der Waals surface area contributed by atoms with Crippen LogP contribution in [0.3, 0.4) is 0 Å². The first-order valence-corrected chi connectivity index (χ1v) is 3.24. The molecule has 8 heteroatoms. The number of nitrogens with one attached hydrogen (secondary N) is 1. The molecule has 2 heterocycles. The second kappa shape index (κ2) is 2.73. The molecule has 0 saturated carbocycles. The molecule has 68 valence electrons. The van der Waals surface area contributed by atoms with Crippen molar-refractivity contribution in [2.24, 2.45) is 0 Å². The lowest BCUT2D eigenvalue weighted by atomic mass is 10.4. The Kier molecular flexibility index (Phi) is 1.58. The third-order valence-corrected chi connectivity index (χ3v) is 1.32. The van der Waals surface area contributed by atoms with Crippen molar-refractivity contribution in [1.82, 2.24) is 20.5 Å². The molecule has 0 aliphatic rings. The van der Waals surface area contributed by atoms with Crippen molar-refractivity contribution in [3.63, 3.8) is 0 Å². The molecule has 2 aromatic rings. The van der Waals surface area contributed by atoms with Crippen molar-refractivity contribution >= 4 is 0 Å². The van der Waals surface area contributed by atoms with Gasteiger partial charge >= 0.3 is 5.76 Å². The summed E-state index contributed by atoms with van der Waals surface area (Å²) in [7, 11) is 1.39. The number of hydrogen-bond donors (Lipinski definition) is 1. The molecule has 0 radical (unpaired) electrons. The molecule has 2 rings (SSSR count). The van der Waals surface area contributed by atoms with Crippen molar-refractivity contribution in [2.45, 2.75) is 0 Å². The van der Waals surface area contributed by atoms with Gasteiger partial charge in [0.2, 0.25) is 11.5 Å². The molecule has 0 amide bonds. The normalized spacial score (nSPS) is 10.2. The minimum Gasteiger partial charge on any atom is -0.477 e. The van der Waals surface area contributed by atoms with Gasteiger partial charge in [0.25, 0.3) is 5.88 Å². The zero-order valence-corrected chi connectivity index (χ0v) is 6.47. The quantitative estimate of drug-likeness (QED) is 0.665. The Morgan fingerprint density at radius 1 is 1.38 bits per heavy atom. The van der Waals surface area contributed by atoms with E-state index in [0.29, 0.717) is 0 Å². The van der Waals surface area contributed by atoms with E-state index in [0.717, 1.165) is 0 Å². The molecule has 0 aliphatic heterocycles. The molecule has 0 fully saturated rings. The zero-order chi connectivity index (χ0) is 9.26. The largest absolute Gasteiger partial charge is 0.477 e. The Morgan fingerprint density at radius 3 is 2.85 bits per heavy atom. The summed E-state index contributed by atoms with van der Waals surface area (Å²) in [5.74, 6) is -0.437. The molecule has 0 unspecified atom stereocenters. The maximum atomic E-state index is 10.6. The van der Waals surface area contributed by atoms with Crippen molar-refractivity contribution in [3.05, 3.63) is 10.6 Å². The highest BCUT2D eigenvalue weighted by molar-refractivity contribution is 5.53. The van der Waals surface area contributed by atoms with Gasteiger partial charge in [-0.2, -0.15) is 0 Å². The predicted octanol–water partition coefficient (Wildman–Crippen LogP) is -0.579. The summed E-state index contributed by atoms with van der Waals surface area (Å²) < 4.78 is 13.4. The van der Waals surface area contributed by atoms with Crippen molar-refractivity contribution in [1.29, 1.82) is 0 Å². The lowest BCUT2D eigenvalue weighted by Crippen LogP contribution is -1.95.